The standard InChI is InChI=1S/C9H7N3O/c13-7-10-5-8-6-11-9-3-1-2-4-12(8)9/h1-4,6H,5H2. The maximum Gasteiger partial charge on any atom is 0.235 e. The van der Waals surface area contributed by atoms with Crippen LogP contribution in [0.1, 0.15) is 5.69 Å². The van der Waals surface area contributed by atoms with Gasteiger partial charge in [-0.25, -0.2) is 9.78 Å². The number of hydrogen-bond donors (Lipinski definition) is 0. The van der Waals surface area contributed by atoms with Crippen molar-refractivity contribution in [1.82, 2.24) is 9.38 Å². The largest absolute Gasteiger partial charge is 0.302 e. The number of imidazole rings is 1. The van der Waals surface area contributed by atoms with Crippen molar-refractivity contribution < 1.29 is 4.79 Å². The predicted octanol–water partition coefficient (Wildman–Crippen LogP) is 1.17. The fraction of sp³-hybridized carbons (Fsp3) is 0.111. The molecule has 0 aliphatic carbocycles. The molecule has 0 atom stereocenters. The monoisotopic (exact) mass is 173 g/mol. The minimum Gasteiger partial charge on any atom is -0.302 e. The molecule has 0 saturated carbocycles. The van der Waals surface area contributed by atoms with E-state index in [0.717, 1.165) is 11.3 Å². The van der Waals surface area contributed by atoms with E-state index < -0.39 is 0 Å². The molecule has 0 radical (unpaired) electrons. The first kappa shape index (κ1) is 7.71. The van der Waals surface area contributed by atoms with Crippen molar-refractivity contribution in [2.75, 3.05) is 0 Å². The Balaban J connectivity index is 2.51. The summed E-state index contributed by atoms with van der Waals surface area (Å²) < 4.78 is 1.89. The Hall–Kier alpha value is -1.93. The Kier molecular flexibility index (Phi) is 1.90. The highest BCUT2D eigenvalue weighted by Crippen LogP contribution is 2.06. The number of pyridine rings is 1. The minimum absolute atomic E-state index is 0.328. The highest BCUT2D eigenvalue weighted by atomic mass is 16.1. The summed E-state index contributed by atoms with van der Waals surface area (Å²) in [5.41, 5.74) is 1.75. The van der Waals surface area contributed by atoms with Crippen molar-refractivity contribution in [3.63, 3.8) is 0 Å². The Morgan fingerprint density at radius 2 is 2.46 bits per heavy atom. The van der Waals surface area contributed by atoms with Crippen LogP contribution in [-0.4, -0.2) is 15.5 Å². The molecule has 0 spiro atoms. The number of fused-ring (bicyclic) bond motifs is 1. The molecule has 64 valence electrons. The van der Waals surface area contributed by atoms with E-state index in [-0.39, 0.29) is 0 Å². The zero-order valence-electron chi connectivity index (χ0n) is 6.84. The highest BCUT2D eigenvalue weighted by molar-refractivity contribution is 5.40. The lowest BCUT2D eigenvalue weighted by Gasteiger charge is -1.94. The van der Waals surface area contributed by atoms with Crippen molar-refractivity contribution in [2.45, 2.75) is 6.54 Å². The zero-order valence-corrected chi connectivity index (χ0v) is 6.84. The van der Waals surface area contributed by atoms with Gasteiger partial charge in [-0.1, -0.05) is 6.07 Å². The van der Waals surface area contributed by atoms with Crippen LogP contribution in [0, 0.1) is 0 Å². The Labute approximate surface area is 74.6 Å². The third-order valence-corrected chi connectivity index (χ3v) is 1.80. The van der Waals surface area contributed by atoms with Crippen molar-refractivity contribution >= 4 is 11.7 Å². The number of nitrogens with zero attached hydrogens (tertiary/aromatic N) is 3. The molecular formula is C9H7N3O. The summed E-state index contributed by atoms with van der Waals surface area (Å²) in [5, 5.41) is 0. The maximum atomic E-state index is 9.91. The molecule has 0 unspecified atom stereocenters. The number of carbonyl (C=O) groups excluding carboxylic acids is 1. The van der Waals surface area contributed by atoms with Crippen LogP contribution in [0.5, 0.6) is 0 Å². The number of aliphatic imine (C=N–C) groups is 1. The second-order valence-electron chi connectivity index (χ2n) is 2.59. The third kappa shape index (κ3) is 1.35. The molecule has 0 amide bonds. The second kappa shape index (κ2) is 3.21. The van der Waals surface area contributed by atoms with Crippen molar-refractivity contribution in [3.8, 4) is 0 Å². The predicted molar refractivity (Wildman–Crippen MR) is 47.0 cm³/mol. The van der Waals surface area contributed by atoms with E-state index in [4.69, 9.17) is 0 Å². The van der Waals surface area contributed by atoms with Crippen LogP contribution in [0.15, 0.2) is 35.6 Å². The van der Waals surface area contributed by atoms with Crippen LogP contribution < -0.4 is 0 Å². The van der Waals surface area contributed by atoms with E-state index in [1.165, 1.54) is 6.08 Å². The molecule has 0 aliphatic rings. The van der Waals surface area contributed by atoms with E-state index in [0.29, 0.717) is 6.54 Å². The molecule has 4 heteroatoms. The van der Waals surface area contributed by atoms with Crippen molar-refractivity contribution in [3.05, 3.63) is 36.3 Å². The first-order valence-corrected chi connectivity index (χ1v) is 3.86. The average Bonchev–Trinajstić information content (AvgIpc) is 2.58. The summed E-state index contributed by atoms with van der Waals surface area (Å²) in [4.78, 5) is 17.6. The SMILES string of the molecule is O=C=NCc1cnc2ccccn12. The van der Waals surface area contributed by atoms with E-state index in [1.54, 1.807) is 6.20 Å². The van der Waals surface area contributed by atoms with Crippen LogP contribution in [0.3, 0.4) is 0 Å². The molecule has 0 aliphatic heterocycles. The smallest absolute Gasteiger partial charge is 0.235 e. The summed E-state index contributed by atoms with van der Waals surface area (Å²) in [7, 11) is 0. The molecule has 2 aromatic heterocycles. The molecule has 2 rings (SSSR count). The Morgan fingerprint density at radius 3 is 3.31 bits per heavy atom. The molecule has 0 N–H and O–H groups in total. The minimum atomic E-state index is 0.328. The van der Waals surface area contributed by atoms with Crippen LogP contribution >= 0.6 is 0 Å². The molecule has 0 saturated heterocycles. The average molecular weight is 173 g/mol. The fourth-order valence-electron chi connectivity index (χ4n) is 1.22. The lowest BCUT2D eigenvalue weighted by molar-refractivity contribution is 0.562. The normalized spacial score (nSPS) is 9.85. The van der Waals surface area contributed by atoms with Crippen molar-refractivity contribution in [1.29, 1.82) is 0 Å². The topological polar surface area (TPSA) is 46.7 Å². The third-order valence-electron chi connectivity index (χ3n) is 1.80. The second-order valence-corrected chi connectivity index (χ2v) is 2.59. The van der Waals surface area contributed by atoms with Gasteiger partial charge in [-0.15, -0.1) is 0 Å². The van der Waals surface area contributed by atoms with E-state index >= 15 is 0 Å². The molecular weight excluding hydrogens is 166 g/mol. The van der Waals surface area contributed by atoms with Gasteiger partial charge >= 0.3 is 0 Å². The van der Waals surface area contributed by atoms with Gasteiger partial charge in [-0.05, 0) is 12.1 Å². The summed E-state index contributed by atoms with van der Waals surface area (Å²) >= 11 is 0. The molecule has 0 fully saturated rings. The number of rotatable bonds is 2. The lowest BCUT2D eigenvalue weighted by Crippen LogP contribution is -1.89. The van der Waals surface area contributed by atoms with Crippen LogP contribution in [0.4, 0.5) is 0 Å². The van der Waals surface area contributed by atoms with E-state index in [9.17, 15) is 4.79 Å². The lowest BCUT2D eigenvalue weighted by atomic mass is 10.4. The van der Waals surface area contributed by atoms with E-state index in [1.807, 2.05) is 28.8 Å². The van der Waals surface area contributed by atoms with Crippen LogP contribution in [0.25, 0.3) is 5.65 Å². The van der Waals surface area contributed by atoms with E-state index in [2.05, 4.69) is 9.98 Å². The van der Waals surface area contributed by atoms with Gasteiger partial charge in [0.05, 0.1) is 18.4 Å². The van der Waals surface area contributed by atoms with Crippen LogP contribution in [0.2, 0.25) is 0 Å². The first-order chi connectivity index (χ1) is 6.42. The summed E-state index contributed by atoms with van der Waals surface area (Å²) in [6, 6.07) is 5.71. The number of isocyanates is 1. The zero-order chi connectivity index (χ0) is 9.10. The van der Waals surface area contributed by atoms with Gasteiger partial charge in [-0.2, -0.15) is 4.99 Å². The fourth-order valence-corrected chi connectivity index (χ4v) is 1.22. The number of aromatic nitrogens is 2. The van der Waals surface area contributed by atoms with Crippen LogP contribution in [-0.2, 0) is 11.3 Å². The van der Waals surface area contributed by atoms with Crippen molar-refractivity contribution in [2.24, 2.45) is 4.99 Å². The Bertz CT molecular complexity index is 468. The Morgan fingerprint density at radius 1 is 1.54 bits per heavy atom. The van der Waals surface area contributed by atoms with Gasteiger partial charge < -0.3 is 4.40 Å². The van der Waals surface area contributed by atoms with Gasteiger partial charge in [-0.3, -0.25) is 0 Å². The highest BCUT2D eigenvalue weighted by Gasteiger charge is 1.99. The summed E-state index contributed by atoms with van der Waals surface area (Å²) in [6.07, 6.45) is 5.10. The number of hydrogen-bond acceptors (Lipinski definition) is 3. The van der Waals surface area contributed by atoms with Gasteiger partial charge in [0.25, 0.3) is 0 Å². The molecule has 4 nitrogen and oxygen atoms in total. The summed E-state index contributed by atoms with van der Waals surface area (Å²) in [5.74, 6) is 0. The van der Waals surface area contributed by atoms with Gasteiger partial charge in [0.2, 0.25) is 6.08 Å². The molecule has 0 aromatic carbocycles. The van der Waals surface area contributed by atoms with Gasteiger partial charge in [0, 0.05) is 6.20 Å². The quantitative estimate of drug-likeness (QED) is 0.505. The van der Waals surface area contributed by atoms with Gasteiger partial charge in [0.15, 0.2) is 0 Å². The van der Waals surface area contributed by atoms with Gasteiger partial charge in [0.1, 0.15) is 5.65 Å². The molecule has 2 aromatic rings. The molecule has 2 heterocycles. The molecule has 0 bridgehead atoms. The maximum absolute atomic E-state index is 9.91. The summed E-state index contributed by atoms with van der Waals surface area (Å²) in [6.45, 7) is 0.328. The first-order valence-electron chi connectivity index (χ1n) is 3.86. The molecule has 13 heavy (non-hydrogen) atoms.